The Labute approximate surface area is 327 Å². The molecular weight excluding hydrogens is 730 g/mol. The third-order valence-corrected chi connectivity index (χ3v) is 11.1. The van der Waals surface area contributed by atoms with Gasteiger partial charge in [0.25, 0.3) is 0 Å². The molecule has 9 atom stereocenters. The number of esters is 1. The minimum atomic E-state index is -1.56. The molecule has 4 aliphatic rings. The van der Waals surface area contributed by atoms with Crippen LogP contribution >= 0.6 is 0 Å². The molecule has 4 saturated heterocycles. The van der Waals surface area contributed by atoms with Gasteiger partial charge in [-0.2, -0.15) is 0 Å². The minimum Gasteiger partial charge on any atom is -0.458 e. The Balaban J connectivity index is 1.53. The van der Waals surface area contributed by atoms with Gasteiger partial charge in [-0.1, -0.05) is 6.92 Å². The maximum atomic E-state index is 14.8. The molecule has 4 fully saturated rings. The quantitative estimate of drug-likeness (QED) is 0.380. The lowest BCUT2D eigenvalue weighted by Gasteiger charge is -2.45. The van der Waals surface area contributed by atoms with Crippen molar-refractivity contribution in [2.24, 2.45) is 5.92 Å². The van der Waals surface area contributed by atoms with Crippen LogP contribution < -0.4 is 16.0 Å². The largest absolute Gasteiger partial charge is 0.458 e. The van der Waals surface area contributed by atoms with Crippen LogP contribution in [0.15, 0.2) is 18.2 Å². The van der Waals surface area contributed by atoms with E-state index in [4.69, 9.17) is 9.47 Å². The van der Waals surface area contributed by atoms with Gasteiger partial charge in [0.2, 0.25) is 23.6 Å². The van der Waals surface area contributed by atoms with E-state index in [2.05, 4.69) is 16.0 Å². The van der Waals surface area contributed by atoms with E-state index in [9.17, 15) is 37.5 Å². The molecule has 3 N–H and O–H groups in total. The molecule has 5 rings (SSSR count). The molecule has 5 amide bonds. The SMILES string of the molecule is CC1N[C@@H](C)C(=O)N2C[C@@H](C)C[C@H]2C(=O)O[C@@H](C)[C@H](NC(=O)[C@H](Cc2cc(F)cc(F)c2)NC(=O)OC(C)(C)C)C(=O)N2CCCC[C@H]2C(=O)N2CCCC[C@@H]12. The summed E-state index contributed by atoms with van der Waals surface area (Å²) in [5.74, 6) is -4.68. The van der Waals surface area contributed by atoms with Crippen LogP contribution in [0.2, 0.25) is 0 Å². The normalized spacial score (nSPS) is 30.1. The number of hydrogen-bond acceptors (Lipinski definition) is 9. The van der Waals surface area contributed by atoms with Crippen molar-refractivity contribution in [2.45, 2.75) is 154 Å². The number of hydrogen-bond donors (Lipinski definition) is 3. The molecule has 56 heavy (non-hydrogen) atoms. The Kier molecular flexibility index (Phi) is 13.6. The summed E-state index contributed by atoms with van der Waals surface area (Å²) in [5, 5.41) is 8.55. The van der Waals surface area contributed by atoms with E-state index < -0.39 is 83.8 Å². The van der Waals surface area contributed by atoms with E-state index in [-0.39, 0.29) is 41.9 Å². The fourth-order valence-electron chi connectivity index (χ4n) is 8.50. The molecule has 0 saturated carbocycles. The van der Waals surface area contributed by atoms with Crippen LogP contribution in [0.1, 0.15) is 99.0 Å². The third kappa shape index (κ3) is 10.3. The Hall–Kier alpha value is -4.34. The molecule has 1 unspecified atom stereocenters. The molecule has 4 aliphatic heterocycles. The number of piperidine rings is 2. The van der Waals surface area contributed by atoms with Crippen molar-refractivity contribution in [1.82, 2.24) is 30.7 Å². The highest BCUT2D eigenvalue weighted by Crippen LogP contribution is 2.29. The van der Waals surface area contributed by atoms with E-state index in [0.29, 0.717) is 51.3 Å². The second kappa shape index (κ2) is 17.9. The van der Waals surface area contributed by atoms with Crippen LogP contribution in [0.3, 0.4) is 0 Å². The van der Waals surface area contributed by atoms with Crippen molar-refractivity contribution >= 4 is 35.7 Å². The van der Waals surface area contributed by atoms with Crippen molar-refractivity contribution in [3.05, 3.63) is 35.4 Å². The second-order valence-corrected chi connectivity index (χ2v) is 17.0. The predicted molar refractivity (Wildman–Crippen MR) is 201 cm³/mol. The number of ether oxygens (including phenoxy) is 2. The van der Waals surface area contributed by atoms with Crippen LogP contribution in [-0.2, 0) is 39.9 Å². The van der Waals surface area contributed by atoms with Crippen LogP contribution in [0.4, 0.5) is 13.6 Å². The summed E-state index contributed by atoms with van der Waals surface area (Å²) in [6.45, 7) is 12.9. The van der Waals surface area contributed by atoms with Crippen LogP contribution in [0.25, 0.3) is 0 Å². The molecule has 0 bridgehead atoms. The average Bonchev–Trinajstić information content (AvgIpc) is 3.52. The lowest BCUT2D eigenvalue weighted by Crippen LogP contribution is -2.65. The zero-order valence-electron chi connectivity index (χ0n) is 33.6. The van der Waals surface area contributed by atoms with Gasteiger partial charge in [0.15, 0.2) is 0 Å². The van der Waals surface area contributed by atoms with Gasteiger partial charge in [0, 0.05) is 44.2 Å². The smallest absolute Gasteiger partial charge is 0.408 e. The van der Waals surface area contributed by atoms with Gasteiger partial charge in [-0.15, -0.1) is 0 Å². The Morgan fingerprint density at radius 2 is 1.52 bits per heavy atom. The Bertz CT molecular complexity index is 1640. The Morgan fingerprint density at radius 1 is 0.875 bits per heavy atom. The number of carbonyl (C=O) groups is 6. The number of fused-ring (bicyclic) bond motifs is 3. The van der Waals surface area contributed by atoms with Gasteiger partial charge in [-0.25, -0.2) is 18.4 Å². The summed E-state index contributed by atoms with van der Waals surface area (Å²) < 4.78 is 39.9. The predicted octanol–water partition coefficient (Wildman–Crippen LogP) is 3.20. The molecular formula is C40H58F2N6O8. The van der Waals surface area contributed by atoms with Crippen LogP contribution in [0, 0.1) is 17.6 Å². The fourth-order valence-corrected chi connectivity index (χ4v) is 8.50. The van der Waals surface area contributed by atoms with E-state index in [0.717, 1.165) is 25.0 Å². The minimum absolute atomic E-state index is 0.0245. The lowest BCUT2D eigenvalue weighted by molar-refractivity contribution is -0.164. The molecule has 0 aliphatic carbocycles. The zero-order chi connectivity index (χ0) is 41.1. The van der Waals surface area contributed by atoms with E-state index in [1.54, 1.807) is 27.7 Å². The lowest BCUT2D eigenvalue weighted by atomic mass is 9.92. The summed E-state index contributed by atoms with van der Waals surface area (Å²) in [5.41, 5.74) is -0.919. The summed E-state index contributed by atoms with van der Waals surface area (Å²) in [4.78, 5) is 89.2. The molecule has 1 aromatic carbocycles. The van der Waals surface area contributed by atoms with Gasteiger partial charge in [-0.05, 0) is 110 Å². The monoisotopic (exact) mass is 788 g/mol. The average molecular weight is 789 g/mol. The molecule has 14 nitrogen and oxygen atoms in total. The highest BCUT2D eigenvalue weighted by atomic mass is 19.1. The Morgan fingerprint density at radius 3 is 2.18 bits per heavy atom. The first-order valence-electron chi connectivity index (χ1n) is 20.0. The number of rotatable bonds is 5. The zero-order valence-corrected chi connectivity index (χ0v) is 33.6. The standard InChI is InChI=1S/C40H58F2N6O8/c1-22-16-32-38(53)55-25(4)33(45-34(49)29(44-39(54)56-40(5,6)7)19-26-17-27(41)20-28(42)18-26)37(52)47-15-11-9-13-31(47)36(51)46-14-10-8-12-30(46)23(2)43-24(3)35(50)48(32)21-22/h17-18,20,22-25,29-33,43H,8-16,19,21H2,1-7H3,(H,44,54)(H,45,49)/t22-,23?,24-,25-,29-,30-,31-,32-,33-/m0/s1. The molecule has 0 spiro atoms. The first-order valence-corrected chi connectivity index (χ1v) is 20.0. The maximum Gasteiger partial charge on any atom is 0.408 e. The van der Waals surface area contributed by atoms with E-state index in [1.165, 1.54) is 16.7 Å². The van der Waals surface area contributed by atoms with E-state index in [1.807, 2.05) is 18.7 Å². The number of nitrogens with one attached hydrogen (secondary N) is 3. The summed E-state index contributed by atoms with van der Waals surface area (Å²) in [6, 6.07) is -3.36. The number of alkyl carbamates (subject to hydrolysis) is 1. The topological polar surface area (TPSA) is 167 Å². The van der Waals surface area contributed by atoms with Crippen molar-refractivity contribution < 1.29 is 47.0 Å². The highest BCUT2D eigenvalue weighted by Gasteiger charge is 2.46. The summed E-state index contributed by atoms with van der Waals surface area (Å²) in [7, 11) is 0. The number of carbonyl (C=O) groups excluding carboxylic acids is 6. The van der Waals surface area contributed by atoms with Gasteiger partial charge in [0.1, 0.15) is 47.5 Å². The van der Waals surface area contributed by atoms with Crippen LogP contribution in [0.5, 0.6) is 0 Å². The third-order valence-electron chi connectivity index (χ3n) is 11.1. The molecule has 0 aromatic heterocycles. The fraction of sp³-hybridized carbons (Fsp3) is 0.700. The van der Waals surface area contributed by atoms with Gasteiger partial charge in [0.05, 0.1) is 6.04 Å². The number of benzene rings is 1. The summed E-state index contributed by atoms with van der Waals surface area (Å²) >= 11 is 0. The van der Waals surface area contributed by atoms with Gasteiger partial charge in [-0.3, -0.25) is 19.2 Å². The molecule has 0 radical (unpaired) electrons. The van der Waals surface area contributed by atoms with Crippen molar-refractivity contribution in [2.75, 3.05) is 19.6 Å². The number of amides is 5. The van der Waals surface area contributed by atoms with Crippen molar-refractivity contribution in [3.63, 3.8) is 0 Å². The highest BCUT2D eigenvalue weighted by molar-refractivity contribution is 5.95. The van der Waals surface area contributed by atoms with Gasteiger partial charge < -0.3 is 40.1 Å². The van der Waals surface area contributed by atoms with Gasteiger partial charge >= 0.3 is 12.1 Å². The molecule has 4 heterocycles. The number of halogens is 2. The molecule has 16 heteroatoms. The van der Waals surface area contributed by atoms with Crippen molar-refractivity contribution in [3.8, 4) is 0 Å². The first kappa shape index (κ1) is 42.8. The summed E-state index contributed by atoms with van der Waals surface area (Å²) in [6.07, 6.45) is 1.66. The first-order chi connectivity index (χ1) is 26.3. The second-order valence-electron chi connectivity index (χ2n) is 17.0. The number of nitrogens with zero attached hydrogens (tertiary/aromatic N) is 3. The van der Waals surface area contributed by atoms with Crippen molar-refractivity contribution in [1.29, 1.82) is 0 Å². The maximum absolute atomic E-state index is 14.8. The molecule has 310 valence electrons. The molecule has 1 aromatic rings. The van der Waals surface area contributed by atoms with E-state index >= 15 is 0 Å². The van der Waals surface area contributed by atoms with Crippen LogP contribution in [-0.4, -0.2) is 124 Å². The number of cyclic esters (lactones) is 1.